The van der Waals surface area contributed by atoms with Gasteiger partial charge in [0.25, 0.3) is 11.8 Å². The Kier molecular flexibility index (Phi) is 6.51. The van der Waals surface area contributed by atoms with Gasteiger partial charge in [0, 0.05) is 10.6 Å². The fourth-order valence-electron chi connectivity index (χ4n) is 3.62. The highest BCUT2D eigenvalue weighted by Crippen LogP contribution is 2.39. The number of aryl methyl sites for hydroxylation is 1. The van der Waals surface area contributed by atoms with Crippen LogP contribution in [0.4, 0.5) is 10.7 Å². The van der Waals surface area contributed by atoms with Crippen LogP contribution >= 0.6 is 11.3 Å². The fraction of sp³-hybridized carbons (Fsp3) is 0.208. The quantitative estimate of drug-likeness (QED) is 0.524. The Morgan fingerprint density at radius 1 is 0.969 bits per heavy atom. The third kappa shape index (κ3) is 4.65. The number of methoxy groups -OCH3 is 1. The van der Waals surface area contributed by atoms with E-state index in [1.807, 2.05) is 18.2 Å². The van der Waals surface area contributed by atoms with E-state index in [2.05, 4.69) is 10.6 Å². The summed E-state index contributed by atoms with van der Waals surface area (Å²) in [6, 6.07) is 15.8. The van der Waals surface area contributed by atoms with E-state index in [1.165, 1.54) is 18.4 Å². The van der Waals surface area contributed by atoms with Crippen LogP contribution in [0.25, 0.3) is 0 Å². The van der Waals surface area contributed by atoms with Crippen molar-refractivity contribution >= 4 is 39.8 Å². The van der Waals surface area contributed by atoms with Crippen molar-refractivity contribution in [2.45, 2.75) is 19.3 Å². The number of thiophene rings is 1. The van der Waals surface area contributed by atoms with Gasteiger partial charge < -0.3 is 20.1 Å². The lowest BCUT2D eigenvalue weighted by Gasteiger charge is -2.12. The van der Waals surface area contributed by atoms with Gasteiger partial charge in [-0.1, -0.05) is 30.3 Å². The molecule has 2 aromatic carbocycles. The zero-order chi connectivity index (χ0) is 22.5. The molecule has 0 aliphatic heterocycles. The number of carbonyl (C=O) groups excluding carboxylic acids is 3. The highest BCUT2D eigenvalue weighted by atomic mass is 32.1. The number of rotatable bonds is 7. The van der Waals surface area contributed by atoms with Gasteiger partial charge in [-0.25, -0.2) is 4.79 Å². The second-order valence-corrected chi connectivity index (χ2v) is 8.31. The number of fused-ring (bicyclic) bond motifs is 1. The standard InChI is InChI=1S/C24H22N2O5S/c1-30-24(29)21-17-11-7-13-19(17)32-23(21)26-20(27)14-31-18-12-6-5-10-16(18)22(28)25-15-8-3-2-4-9-15/h2-6,8-10,12H,7,11,13-14H2,1H3,(H,25,28)(H,26,27). The highest BCUT2D eigenvalue weighted by molar-refractivity contribution is 7.17. The summed E-state index contributed by atoms with van der Waals surface area (Å²) in [6.07, 6.45) is 2.68. The van der Waals surface area contributed by atoms with E-state index in [0.717, 1.165) is 29.7 Å². The Hall–Kier alpha value is -3.65. The summed E-state index contributed by atoms with van der Waals surface area (Å²) in [6.45, 7) is -0.307. The lowest BCUT2D eigenvalue weighted by Crippen LogP contribution is -2.22. The molecule has 0 bridgehead atoms. The minimum atomic E-state index is -0.455. The van der Waals surface area contributed by atoms with E-state index in [1.54, 1.807) is 36.4 Å². The Morgan fingerprint density at radius 3 is 2.50 bits per heavy atom. The maximum absolute atomic E-state index is 12.7. The van der Waals surface area contributed by atoms with Crippen LogP contribution in [0.1, 0.15) is 37.6 Å². The Labute approximate surface area is 189 Å². The molecule has 0 radical (unpaired) electrons. The van der Waals surface area contributed by atoms with Gasteiger partial charge in [0.15, 0.2) is 6.61 Å². The first kappa shape index (κ1) is 21.6. The number of benzene rings is 2. The molecule has 7 nitrogen and oxygen atoms in total. The van der Waals surface area contributed by atoms with Crippen molar-refractivity contribution in [1.82, 2.24) is 0 Å². The lowest BCUT2D eigenvalue weighted by atomic mass is 10.1. The topological polar surface area (TPSA) is 93.7 Å². The summed E-state index contributed by atoms with van der Waals surface area (Å²) in [5.74, 6) is -0.926. The molecule has 1 aromatic heterocycles. The van der Waals surface area contributed by atoms with Crippen LogP contribution in [-0.4, -0.2) is 31.5 Å². The molecule has 0 saturated heterocycles. The molecule has 164 valence electrons. The molecule has 8 heteroatoms. The van der Waals surface area contributed by atoms with Gasteiger partial charge in [-0.15, -0.1) is 11.3 Å². The maximum atomic E-state index is 12.7. The van der Waals surface area contributed by atoms with Crippen LogP contribution < -0.4 is 15.4 Å². The third-order valence-corrected chi connectivity index (χ3v) is 6.29. The smallest absolute Gasteiger partial charge is 0.341 e. The molecule has 0 fully saturated rings. The number of carbonyl (C=O) groups is 3. The molecule has 0 atom stereocenters. The summed E-state index contributed by atoms with van der Waals surface area (Å²) < 4.78 is 10.6. The lowest BCUT2D eigenvalue weighted by molar-refractivity contribution is -0.118. The predicted molar refractivity (Wildman–Crippen MR) is 123 cm³/mol. The van der Waals surface area contributed by atoms with E-state index < -0.39 is 11.9 Å². The first-order chi connectivity index (χ1) is 15.6. The number of para-hydroxylation sites is 2. The van der Waals surface area contributed by atoms with Crippen molar-refractivity contribution in [2.75, 3.05) is 24.4 Å². The Morgan fingerprint density at radius 2 is 1.72 bits per heavy atom. The van der Waals surface area contributed by atoms with Crippen LogP contribution in [0.3, 0.4) is 0 Å². The number of nitrogens with one attached hydrogen (secondary N) is 2. The molecule has 3 aromatic rings. The van der Waals surface area contributed by atoms with Crippen LogP contribution in [0.5, 0.6) is 5.75 Å². The zero-order valence-electron chi connectivity index (χ0n) is 17.5. The first-order valence-corrected chi connectivity index (χ1v) is 11.0. The van der Waals surface area contributed by atoms with Crippen molar-refractivity contribution in [3.8, 4) is 5.75 Å². The van der Waals surface area contributed by atoms with Gasteiger partial charge in [0.1, 0.15) is 10.8 Å². The minimum Gasteiger partial charge on any atom is -0.483 e. The zero-order valence-corrected chi connectivity index (χ0v) is 18.3. The molecule has 1 aliphatic rings. The van der Waals surface area contributed by atoms with Crippen molar-refractivity contribution in [2.24, 2.45) is 0 Å². The summed E-state index contributed by atoms with van der Waals surface area (Å²) >= 11 is 1.40. The molecule has 4 rings (SSSR count). The predicted octanol–water partition coefficient (Wildman–Crippen LogP) is 4.29. The van der Waals surface area contributed by atoms with Crippen LogP contribution in [0, 0.1) is 0 Å². The summed E-state index contributed by atoms with van der Waals surface area (Å²) in [7, 11) is 1.33. The minimum absolute atomic E-state index is 0.290. The van der Waals surface area contributed by atoms with Gasteiger partial charge in [0.2, 0.25) is 0 Å². The monoisotopic (exact) mass is 450 g/mol. The molecule has 0 spiro atoms. The van der Waals surface area contributed by atoms with Crippen LogP contribution in [0.15, 0.2) is 54.6 Å². The maximum Gasteiger partial charge on any atom is 0.341 e. The SMILES string of the molecule is COC(=O)c1c(NC(=O)COc2ccccc2C(=O)Nc2ccccc2)sc2c1CCC2. The molecule has 1 aliphatic carbocycles. The van der Waals surface area contributed by atoms with E-state index in [9.17, 15) is 14.4 Å². The molecule has 32 heavy (non-hydrogen) atoms. The van der Waals surface area contributed by atoms with Gasteiger partial charge in [-0.3, -0.25) is 9.59 Å². The summed E-state index contributed by atoms with van der Waals surface area (Å²) in [4.78, 5) is 38.6. The second kappa shape index (κ2) is 9.65. The molecule has 2 amide bonds. The second-order valence-electron chi connectivity index (χ2n) is 7.21. The van der Waals surface area contributed by atoms with Gasteiger partial charge >= 0.3 is 5.97 Å². The van der Waals surface area contributed by atoms with Crippen molar-refractivity contribution in [3.05, 3.63) is 76.2 Å². The third-order valence-electron chi connectivity index (χ3n) is 5.09. The number of esters is 1. The van der Waals surface area contributed by atoms with Crippen molar-refractivity contribution in [1.29, 1.82) is 0 Å². The Balaban J connectivity index is 1.43. The highest BCUT2D eigenvalue weighted by Gasteiger charge is 2.28. The first-order valence-electron chi connectivity index (χ1n) is 10.2. The van der Waals surface area contributed by atoms with E-state index in [0.29, 0.717) is 21.8 Å². The van der Waals surface area contributed by atoms with E-state index in [4.69, 9.17) is 9.47 Å². The van der Waals surface area contributed by atoms with E-state index in [-0.39, 0.29) is 18.3 Å². The fourth-order valence-corrected chi connectivity index (χ4v) is 4.91. The molecule has 1 heterocycles. The number of hydrogen-bond donors (Lipinski definition) is 2. The van der Waals surface area contributed by atoms with Gasteiger partial charge in [-0.05, 0) is 49.1 Å². The normalized spacial score (nSPS) is 12.0. The summed E-state index contributed by atoms with van der Waals surface area (Å²) in [5.41, 5.74) is 2.36. The molecular weight excluding hydrogens is 428 g/mol. The van der Waals surface area contributed by atoms with Gasteiger partial charge in [0.05, 0.1) is 18.2 Å². The average molecular weight is 451 g/mol. The Bertz CT molecular complexity index is 1160. The molecule has 2 N–H and O–H groups in total. The molecule has 0 unspecified atom stereocenters. The number of anilines is 2. The molecular formula is C24H22N2O5S. The average Bonchev–Trinajstić information content (AvgIpc) is 3.39. The van der Waals surface area contributed by atoms with E-state index >= 15 is 0 Å². The number of hydrogen-bond acceptors (Lipinski definition) is 6. The van der Waals surface area contributed by atoms with Crippen molar-refractivity contribution < 1.29 is 23.9 Å². The number of amides is 2. The number of ether oxygens (including phenoxy) is 2. The van der Waals surface area contributed by atoms with Gasteiger partial charge in [-0.2, -0.15) is 0 Å². The van der Waals surface area contributed by atoms with Crippen LogP contribution in [-0.2, 0) is 22.4 Å². The summed E-state index contributed by atoms with van der Waals surface area (Å²) in [5, 5.41) is 6.05. The van der Waals surface area contributed by atoms with Crippen LogP contribution in [0.2, 0.25) is 0 Å². The van der Waals surface area contributed by atoms with Crippen molar-refractivity contribution in [3.63, 3.8) is 0 Å². The molecule has 0 saturated carbocycles. The largest absolute Gasteiger partial charge is 0.483 e.